The molecule has 0 saturated carbocycles. The average Bonchev–Trinajstić information content (AvgIpc) is 2.79. The Kier molecular flexibility index (Phi) is 3.19. The predicted molar refractivity (Wildman–Crippen MR) is 83.2 cm³/mol. The van der Waals surface area contributed by atoms with Gasteiger partial charge in [0.15, 0.2) is 0 Å². The molecule has 1 aliphatic heterocycles. The number of rotatable bonds is 1. The lowest BCUT2D eigenvalue weighted by molar-refractivity contribution is 0.456. The Labute approximate surface area is 121 Å². The van der Waals surface area contributed by atoms with Crippen molar-refractivity contribution in [1.29, 1.82) is 0 Å². The molecular weight excluding hydrogens is 244 g/mol. The van der Waals surface area contributed by atoms with E-state index in [1.165, 1.54) is 23.2 Å². The van der Waals surface area contributed by atoms with Gasteiger partial charge in [0.05, 0.1) is 0 Å². The number of benzene rings is 1. The quantitative estimate of drug-likeness (QED) is 0.757. The van der Waals surface area contributed by atoms with Crippen LogP contribution in [0.15, 0.2) is 30.5 Å². The van der Waals surface area contributed by atoms with Crippen molar-refractivity contribution < 1.29 is 0 Å². The van der Waals surface area contributed by atoms with Crippen molar-refractivity contribution in [2.45, 2.75) is 58.4 Å². The molecule has 106 valence electrons. The molecule has 1 aliphatic rings. The van der Waals surface area contributed by atoms with E-state index in [1.54, 1.807) is 0 Å². The van der Waals surface area contributed by atoms with Crippen LogP contribution >= 0.6 is 0 Å². The molecule has 0 fully saturated rings. The first-order valence-corrected chi connectivity index (χ1v) is 7.56. The van der Waals surface area contributed by atoms with Gasteiger partial charge in [0, 0.05) is 24.4 Å². The molecule has 2 aromatic rings. The minimum absolute atomic E-state index is 0.235. The van der Waals surface area contributed by atoms with Crippen LogP contribution in [0.1, 0.15) is 55.8 Å². The molecule has 20 heavy (non-hydrogen) atoms. The summed E-state index contributed by atoms with van der Waals surface area (Å²) in [4.78, 5) is 4.44. The van der Waals surface area contributed by atoms with E-state index in [0.717, 1.165) is 18.8 Å². The number of fused-ring (bicyclic) bond motifs is 1. The van der Waals surface area contributed by atoms with Crippen molar-refractivity contribution in [3.63, 3.8) is 0 Å². The molecule has 0 radical (unpaired) electrons. The van der Waals surface area contributed by atoms with Crippen molar-refractivity contribution in [2.75, 3.05) is 0 Å². The monoisotopic (exact) mass is 268 g/mol. The van der Waals surface area contributed by atoms with Gasteiger partial charge in [-0.1, -0.05) is 45.0 Å². The third kappa shape index (κ3) is 2.39. The minimum atomic E-state index is 0.235. The predicted octanol–water partition coefficient (Wildman–Crippen LogP) is 4.22. The van der Waals surface area contributed by atoms with Crippen molar-refractivity contribution in [3.8, 4) is 0 Å². The van der Waals surface area contributed by atoms with Crippen molar-refractivity contribution in [3.05, 3.63) is 53.1 Å². The Bertz CT molecular complexity index is 599. The van der Waals surface area contributed by atoms with Gasteiger partial charge in [0.1, 0.15) is 5.82 Å². The van der Waals surface area contributed by atoms with Gasteiger partial charge in [-0.15, -0.1) is 0 Å². The minimum Gasteiger partial charge on any atom is -0.332 e. The van der Waals surface area contributed by atoms with E-state index < -0.39 is 0 Å². The summed E-state index contributed by atoms with van der Waals surface area (Å²) in [6.07, 6.45) is 4.42. The Morgan fingerprint density at radius 1 is 1.15 bits per heavy atom. The second-order valence-electron chi connectivity index (χ2n) is 7.01. The molecule has 2 heterocycles. The van der Waals surface area contributed by atoms with Crippen LogP contribution in [-0.4, -0.2) is 9.55 Å². The lowest BCUT2D eigenvalue weighted by atomic mass is 9.84. The van der Waals surface area contributed by atoms with E-state index in [2.05, 4.69) is 61.5 Å². The molecule has 1 aromatic heterocycles. The van der Waals surface area contributed by atoms with E-state index in [9.17, 15) is 0 Å². The number of hydrogen-bond acceptors (Lipinski definition) is 1. The molecule has 2 heteroatoms. The third-order valence-electron chi connectivity index (χ3n) is 4.54. The number of aromatic nitrogens is 2. The van der Waals surface area contributed by atoms with Gasteiger partial charge in [-0.3, -0.25) is 0 Å². The SMILES string of the molecule is Cc1ncc2n1CC(c1ccc(C(C)(C)C)cc1)CC2. The maximum Gasteiger partial charge on any atom is 0.105 e. The molecule has 1 aromatic carbocycles. The zero-order valence-electron chi connectivity index (χ0n) is 13.0. The topological polar surface area (TPSA) is 17.8 Å². The molecular formula is C18H24N2. The smallest absolute Gasteiger partial charge is 0.105 e. The highest BCUT2D eigenvalue weighted by atomic mass is 15.1. The standard InChI is InChI=1S/C18H24N2/c1-13-19-11-17-10-7-15(12-20(13)17)14-5-8-16(9-6-14)18(2,3)4/h5-6,8-9,11,15H,7,10,12H2,1-4H3. The van der Waals surface area contributed by atoms with Crippen LogP contribution in [0.25, 0.3) is 0 Å². The molecule has 1 unspecified atom stereocenters. The maximum atomic E-state index is 4.44. The first-order valence-electron chi connectivity index (χ1n) is 7.56. The fourth-order valence-corrected chi connectivity index (χ4v) is 3.13. The second kappa shape index (κ2) is 4.76. The van der Waals surface area contributed by atoms with E-state index in [0.29, 0.717) is 5.92 Å². The maximum absolute atomic E-state index is 4.44. The van der Waals surface area contributed by atoms with Gasteiger partial charge in [-0.2, -0.15) is 0 Å². The Hall–Kier alpha value is -1.57. The molecule has 0 spiro atoms. The summed E-state index contributed by atoms with van der Waals surface area (Å²) in [5, 5.41) is 0. The van der Waals surface area contributed by atoms with E-state index >= 15 is 0 Å². The largest absolute Gasteiger partial charge is 0.332 e. The van der Waals surface area contributed by atoms with E-state index in [-0.39, 0.29) is 5.41 Å². The van der Waals surface area contributed by atoms with Crippen LogP contribution in [0, 0.1) is 6.92 Å². The van der Waals surface area contributed by atoms with E-state index in [1.807, 2.05) is 6.20 Å². The van der Waals surface area contributed by atoms with Gasteiger partial charge >= 0.3 is 0 Å². The molecule has 0 N–H and O–H groups in total. The van der Waals surface area contributed by atoms with Crippen LogP contribution in [-0.2, 0) is 18.4 Å². The normalized spacial score (nSPS) is 18.9. The van der Waals surface area contributed by atoms with Crippen LogP contribution in [0.2, 0.25) is 0 Å². The molecule has 1 atom stereocenters. The van der Waals surface area contributed by atoms with Crippen LogP contribution in [0.3, 0.4) is 0 Å². The Morgan fingerprint density at radius 2 is 1.85 bits per heavy atom. The number of imidazole rings is 1. The molecule has 0 saturated heterocycles. The van der Waals surface area contributed by atoms with Gasteiger partial charge in [0.2, 0.25) is 0 Å². The molecule has 2 nitrogen and oxygen atoms in total. The van der Waals surface area contributed by atoms with Gasteiger partial charge in [0.25, 0.3) is 0 Å². The van der Waals surface area contributed by atoms with Crippen molar-refractivity contribution in [2.24, 2.45) is 0 Å². The second-order valence-corrected chi connectivity index (χ2v) is 7.01. The number of aryl methyl sites for hydroxylation is 2. The lowest BCUT2D eigenvalue weighted by Gasteiger charge is -2.26. The summed E-state index contributed by atoms with van der Waals surface area (Å²) in [6, 6.07) is 9.24. The zero-order valence-corrected chi connectivity index (χ0v) is 13.0. The summed E-state index contributed by atoms with van der Waals surface area (Å²) in [7, 11) is 0. The average molecular weight is 268 g/mol. The highest BCUT2D eigenvalue weighted by Crippen LogP contribution is 2.31. The molecule has 0 amide bonds. The first kappa shape index (κ1) is 13.4. The number of nitrogens with zero attached hydrogens (tertiary/aromatic N) is 2. The zero-order chi connectivity index (χ0) is 14.3. The Morgan fingerprint density at radius 3 is 2.50 bits per heavy atom. The lowest BCUT2D eigenvalue weighted by Crippen LogP contribution is -2.19. The number of hydrogen-bond donors (Lipinski definition) is 0. The summed E-state index contributed by atoms with van der Waals surface area (Å²) in [5.74, 6) is 1.78. The third-order valence-corrected chi connectivity index (χ3v) is 4.54. The van der Waals surface area contributed by atoms with Crippen molar-refractivity contribution >= 4 is 0 Å². The Balaban J connectivity index is 1.83. The fourth-order valence-electron chi connectivity index (χ4n) is 3.13. The summed E-state index contributed by atoms with van der Waals surface area (Å²) in [5.41, 5.74) is 4.51. The molecule has 0 bridgehead atoms. The van der Waals surface area contributed by atoms with Crippen LogP contribution in [0.4, 0.5) is 0 Å². The summed E-state index contributed by atoms with van der Waals surface area (Å²) < 4.78 is 2.38. The van der Waals surface area contributed by atoms with Crippen LogP contribution in [0.5, 0.6) is 0 Å². The van der Waals surface area contributed by atoms with Gasteiger partial charge in [-0.25, -0.2) is 4.98 Å². The summed E-state index contributed by atoms with van der Waals surface area (Å²) in [6.45, 7) is 9.99. The summed E-state index contributed by atoms with van der Waals surface area (Å²) >= 11 is 0. The highest BCUT2D eigenvalue weighted by molar-refractivity contribution is 5.30. The van der Waals surface area contributed by atoms with Gasteiger partial charge < -0.3 is 4.57 Å². The first-order chi connectivity index (χ1) is 9.45. The highest BCUT2D eigenvalue weighted by Gasteiger charge is 2.22. The fraction of sp³-hybridized carbons (Fsp3) is 0.500. The van der Waals surface area contributed by atoms with Crippen LogP contribution < -0.4 is 0 Å². The molecule has 0 aliphatic carbocycles. The van der Waals surface area contributed by atoms with Gasteiger partial charge in [-0.05, 0) is 36.3 Å². The molecule has 3 rings (SSSR count). The van der Waals surface area contributed by atoms with Crippen molar-refractivity contribution in [1.82, 2.24) is 9.55 Å². The van der Waals surface area contributed by atoms with E-state index in [4.69, 9.17) is 0 Å².